The standard InChI is InChI=1S/C26H26N4O5S/c27-16-19-6-3-5-18(13-19)14-24(25(31)30-12-4-9-22(17-30)28-26(32)33)29-36(34,35)23-11-10-20-7-1-2-8-21(20)15-23/h1-3,5-8,10-11,13,15,22,24,28-29H,4,9,12,14,17H2,(H,32,33)/t22-,24+/m1/s1. The van der Waals surface area contributed by atoms with E-state index >= 15 is 0 Å². The first-order chi connectivity index (χ1) is 17.2. The van der Waals surface area contributed by atoms with Crippen molar-refractivity contribution >= 4 is 32.8 Å². The summed E-state index contributed by atoms with van der Waals surface area (Å²) < 4.78 is 29.3. The first kappa shape index (κ1) is 25.2. The zero-order valence-corrected chi connectivity index (χ0v) is 20.2. The van der Waals surface area contributed by atoms with E-state index in [1.807, 2.05) is 24.3 Å². The molecule has 0 unspecified atom stereocenters. The first-order valence-corrected chi connectivity index (χ1v) is 13.0. The number of amides is 2. The van der Waals surface area contributed by atoms with Gasteiger partial charge in [0.25, 0.3) is 0 Å². The monoisotopic (exact) mass is 506 g/mol. The Kier molecular flexibility index (Phi) is 7.52. The van der Waals surface area contributed by atoms with Gasteiger partial charge < -0.3 is 15.3 Å². The molecule has 9 nitrogen and oxygen atoms in total. The van der Waals surface area contributed by atoms with Crippen molar-refractivity contribution in [3.8, 4) is 6.07 Å². The number of carbonyl (C=O) groups is 2. The van der Waals surface area contributed by atoms with Gasteiger partial charge in [-0.25, -0.2) is 13.2 Å². The van der Waals surface area contributed by atoms with Crippen molar-refractivity contribution in [3.05, 3.63) is 77.9 Å². The highest BCUT2D eigenvalue weighted by Gasteiger charge is 2.33. The maximum atomic E-state index is 13.6. The fourth-order valence-electron chi connectivity index (χ4n) is 4.46. The lowest BCUT2D eigenvalue weighted by Gasteiger charge is -2.35. The number of sulfonamides is 1. The van der Waals surface area contributed by atoms with E-state index in [0.29, 0.717) is 30.5 Å². The lowest BCUT2D eigenvalue weighted by molar-refractivity contribution is -0.134. The number of piperidine rings is 1. The van der Waals surface area contributed by atoms with E-state index in [0.717, 1.165) is 10.8 Å². The zero-order chi connectivity index (χ0) is 25.7. The molecular formula is C26H26N4O5S. The van der Waals surface area contributed by atoms with Crippen molar-refractivity contribution in [2.45, 2.75) is 36.2 Å². The van der Waals surface area contributed by atoms with Gasteiger partial charge in [0.15, 0.2) is 0 Å². The van der Waals surface area contributed by atoms with Crippen LogP contribution in [0.15, 0.2) is 71.6 Å². The molecule has 0 aromatic heterocycles. The summed E-state index contributed by atoms with van der Waals surface area (Å²) in [6, 6.07) is 19.3. The molecule has 1 saturated heterocycles. The second kappa shape index (κ2) is 10.8. The SMILES string of the molecule is N#Cc1cccc(C[C@H](NS(=O)(=O)c2ccc3ccccc3c2)C(=O)N2CCC[C@@H](NC(=O)O)C2)c1. The lowest BCUT2D eigenvalue weighted by atomic mass is 10.0. The second-order valence-corrected chi connectivity index (χ2v) is 10.5. The highest BCUT2D eigenvalue weighted by molar-refractivity contribution is 7.89. The number of hydrogen-bond donors (Lipinski definition) is 3. The third kappa shape index (κ3) is 6.00. The molecule has 0 radical (unpaired) electrons. The number of benzene rings is 3. The van der Waals surface area contributed by atoms with Gasteiger partial charge in [-0.3, -0.25) is 4.79 Å². The number of fused-ring (bicyclic) bond motifs is 1. The largest absolute Gasteiger partial charge is 0.465 e. The Labute approximate surface area is 209 Å². The minimum absolute atomic E-state index is 0.0360. The molecule has 1 aliphatic heterocycles. The third-order valence-electron chi connectivity index (χ3n) is 6.18. The molecule has 3 N–H and O–H groups in total. The van der Waals surface area contributed by atoms with Crippen LogP contribution in [0.5, 0.6) is 0 Å². The van der Waals surface area contributed by atoms with Gasteiger partial charge in [0.2, 0.25) is 15.9 Å². The highest BCUT2D eigenvalue weighted by Crippen LogP contribution is 2.21. The highest BCUT2D eigenvalue weighted by atomic mass is 32.2. The number of hydrogen-bond acceptors (Lipinski definition) is 5. The Morgan fingerprint density at radius 3 is 2.61 bits per heavy atom. The van der Waals surface area contributed by atoms with Gasteiger partial charge in [-0.1, -0.05) is 42.5 Å². The van der Waals surface area contributed by atoms with Crippen molar-refractivity contribution in [2.24, 2.45) is 0 Å². The van der Waals surface area contributed by atoms with E-state index in [2.05, 4.69) is 16.1 Å². The van der Waals surface area contributed by atoms with E-state index in [9.17, 15) is 23.3 Å². The molecule has 3 aromatic carbocycles. The van der Waals surface area contributed by atoms with Crippen molar-refractivity contribution in [1.29, 1.82) is 5.26 Å². The maximum Gasteiger partial charge on any atom is 0.404 e. The van der Waals surface area contributed by atoms with Crippen LogP contribution in [0.4, 0.5) is 4.79 Å². The van der Waals surface area contributed by atoms with Crippen LogP contribution < -0.4 is 10.0 Å². The van der Waals surface area contributed by atoms with Crippen LogP contribution in [0.25, 0.3) is 10.8 Å². The molecule has 0 saturated carbocycles. The Balaban J connectivity index is 1.63. The third-order valence-corrected chi connectivity index (χ3v) is 7.65. The predicted octanol–water partition coefficient (Wildman–Crippen LogP) is 2.86. The molecule has 2 atom stereocenters. The molecule has 2 amide bonds. The smallest absolute Gasteiger partial charge is 0.404 e. The molecule has 1 heterocycles. The van der Waals surface area contributed by atoms with Crippen LogP contribution in [0.1, 0.15) is 24.0 Å². The van der Waals surface area contributed by atoms with E-state index in [1.54, 1.807) is 36.4 Å². The number of carboxylic acid groups (broad SMARTS) is 1. The van der Waals surface area contributed by atoms with Gasteiger partial charge in [0.1, 0.15) is 6.04 Å². The number of nitrogens with zero attached hydrogens (tertiary/aromatic N) is 2. The Bertz CT molecular complexity index is 1430. The summed E-state index contributed by atoms with van der Waals surface area (Å²) in [5, 5.41) is 22.4. The molecular weight excluding hydrogens is 480 g/mol. The molecule has 0 aliphatic carbocycles. The zero-order valence-electron chi connectivity index (χ0n) is 19.4. The summed E-state index contributed by atoms with van der Waals surface area (Å²) in [7, 11) is -4.08. The van der Waals surface area contributed by atoms with E-state index in [4.69, 9.17) is 5.11 Å². The molecule has 1 aliphatic rings. The summed E-state index contributed by atoms with van der Waals surface area (Å²) in [5.74, 6) is -0.446. The number of rotatable bonds is 7. The molecule has 3 aromatic rings. The van der Waals surface area contributed by atoms with E-state index in [1.165, 1.54) is 11.0 Å². The molecule has 0 spiro atoms. The molecule has 10 heteroatoms. The van der Waals surface area contributed by atoms with Crippen LogP contribution in [0.3, 0.4) is 0 Å². The van der Waals surface area contributed by atoms with Gasteiger partial charge >= 0.3 is 6.09 Å². The van der Waals surface area contributed by atoms with Crippen LogP contribution in [0, 0.1) is 11.3 Å². The van der Waals surface area contributed by atoms with Crippen LogP contribution in [0.2, 0.25) is 0 Å². The summed E-state index contributed by atoms with van der Waals surface area (Å²) in [4.78, 5) is 26.2. The minimum Gasteiger partial charge on any atom is -0.465 e. The van der Waals surface area contributed by atoms with Gasteiger partial charge in [-0.2, -0.15) is 9.98 Å². The second-order valence-electron chi connectivity index (χ2n) is 8.77. The van der Waals surface area contributed by atoms with Gasteiger partial charge in [-0.15, -0.1) is 0 Å². The number of nitrogens with one attached hydrogen (secondary N) is 2. The van der Waals surface area contributed by atoms with Gasteiger partial charge in [0, 0.05) is 19.1 Å². The predicted molar refractivity (Wildman–Crippen MR) is 134 cm³/mol. The number of nitriles is 1. The van der Waals surface area contributed by atoms with E-state index < -0.39 is 34.1 Å². The Morgan fingerprint density at radius 1 is 1.08 bits per heavy atom. The molecule has 36 heavy (non-hydrogen) atoms. The minimum atomic E-state index is -4.08. The normalized spacial score (nSPS) is 16.8. The molecule has 0 bridgehead atoms. The van der Waals surface area contributed by atoms with Crippen molar-refractivity contribution in [3.63, 3.8) is 0 Å². The maximum absolute atomic E-state index is 13.6. The van der Waals surface area contributed by atoms with Crippen molar-refractivity contribution < 1.29 is 23.1 Å². The molecule has 4 rings (SSSR count). The summed E-state index contributed by atoms with van der Waals surface area (Å²) in [5.41, 5.74) is 1.03. The lowest BCUT2D eigenvalue weighted by Crippen LogP contribution is -2.55. The van der Waals surface area contributed by atoms with Crippen LogP contribution >= 0.6 is 0 Å². The van der Waals surface area contributed by atoms with Gasteiger partial charge in [-0.05, 0) is 59.9 Å². The Hall–Kier alpha value is -3.94. The summed E-state index contributed by atoms with van der Waals surface area (Å²) >= 11 is 0. The first-order valence-electron chi connectivity index (χ1n) is 11.5. The molecule has 1 fully saturated rings. The van der Waals surface area contributed by atoms with Crippen LogP contribution in [-0.4, -0.2) is 55.6 Å². The van der Waals surface area contributed by atoms with Crippen LogP contribution in [-0.2, 0) is 21.2 Å². The number of carbonyl (C=O) groups excluding carboxylic acids is 1. The fourth-order valence-corrected chi connectivity index (χ4v) is 5.69. The van der Waals surface area contributed by atoms with Gasteiger partial charge in [0.05, 0.1) is 16.5 Å². The topological polar surface area (TPSA) is 140 Å². The average Bonchev–Trinajstić information content (AvgIpc) is 2.87. The summed E-state index contributed by atoms with van der Waals surface area (Å²) in [6.45, 7) is 0.542. The quantitative estimate of drug-likeness (QED) is 0.450. The molecule has 186 valence electrons. The van der Waals surface area contributed by atoms with Crippen molar-refractivity contribution in [2.75, 3.05) is 13.1 Å². The summed E-state index contributed by atoms with van der Waals surface area (Å²) in [6.07, 6.45) is 0.0453. The van der Waals surface area contributed by atoms with Crippen molar-refractivity contribution in [1.82, 2.24) is 14.9 Å². The average molecular weight is 507 g/mol. The van der Waals surface area contributed by atoms with E-state index in [-0.39, 0.29) is 17.9 Å². The fraction of sp³-hybridized carbons (Fsp3) is 0.269. The Morgan fingerprint density at radius 2 is 1.86 bits per heavy atom. The number of likely N-dealkylation sites (tertiary alicyclic amines) is 1.